The van der Waals surface area contributed by atoms with Crippen LogP contribution in [0, 0.1) is 0 Å². The van der Waals surface area contributed by atoms with E-state index >= 15 is 0 Å². The SMILES string of the molecule is CCCO[Si](NC)(NC)OC. The van der Waals surface area contributed by atoms with Crippen molar-refractivity contribution in [2.75, 3.05) is 27.8 Å². The quantitative estimate of drug-likeness (QED) is 0.559. The summed E-state index contributed by atoms with van der Waals surface area (Å²) < 4.78 is 10.8. The van der Waals surface area contributed by atoms with Gasteiger partial charge in [0.1, 0.15) is 0 Å². The van der Waals surface area contributed by atoms with E-state index < -0.39 is 8.88 Å². The van der Waals surface area contributed by atoms with E-state index in [0.717, 1.165) is 13.0 Å². The first-order valence-electron chi connectivity index (χ1n) is 3.81. The number of hydrogen-bond donors (Lipinski definition) is 2. The molecule has 0 aromatic carbocycles. The molecule has 0 saturated heterocycles. The van der Waals surface area contributed by atoms with Gasteiger partial charge in [0.2, 0.25) is 0 Å². The summed E-state index contributed by atoms with van der Waals surface area (Å²) in [7, 11) is 3.08. The minimum absolute atomic E-state index is 0.724. The Bertz CT molecular complexity index is 90.3. The Morgan fingerprint density at radius 1 is 1.27 bits per heavy atom. The molecule has 0 unspecified atom stereocenters. The Hall–Kier alpha value is 0.0569. The molecule has 4 nitrogen and oxygen atoms in total. The molecule has 2 N–H and O–H groups in total. The molecule has 0 atom stereocenters. The Morgan fingerprint density at radius 2 is 1.82 bits per heavy atom. The lowest BCUT2D eigenvalue weighted by Gasteiger charge is -2.25. The van der Waals surface area contributed by atoms with Gasteiger partial charge in [0.15, 0.2) is 0 Å². The summed E-state index contributed by atoms with van der Waals surface area (Å²) >= 11 is 0. The highest BCUT2D eigenvalue weighted by molar-refractivity contribution is 6.61. The van der Waals surface area contributed by atoms with Gasteiger partial charge in [-0.3, -0.25) is 9.96 Å². The predicted octanol–water partition coefficient (Wildman–Crippen LogP) is -0.0662. The molecule has 68 valence electrons. The van der Waals surface area contributed by atoms with Crippen LogP contribution in [0.2, 0.25) is 0 Å². The molecule has 0 aliphatic carbocycles. The molecule has 0 bridgehead atoms. The second kappa shape index (κ2) is 5.67. The van der Waals surface area contributed by atoms with E-state index in [0.29, 0.717) is 0 Å². The second-order valence-electron chi connectivity index (χ2n) is 2.17. The third kappa shape index (κ3) is 3.30. The topological polar surface area (TPSA) is 42.5 Å². The second-order valence-corrected chi connectivity index (χ2v) is 5.10. The van der Waals surface area contributed by atoms with Gasteiger partial charge in [-0.05, 0) is 20.5 Å². The van der Waals surface area contributed by atoms with Gasteiger partial charge in [-0.2, -0.15) is 0 Å². The lowest BCUT2D eigenvalue weighted by molar-refractivity contribution is 0.180. The van der Waals surface area contributed by atoms with E-state index in [9.17, 15) is 0 Å². The average Bonchev–Trinajstić information content (AvgIpc) is 2.08. The average molecular weight is 178 g/mol. The summed E-state index contributed by atoms with van der Waals surface area (Å²) in [5.74, 6) is 0. The van der Waals surface area contributed by atoms with E-state index in [1.54, 1.807) is 7.11 Å². The van der Waals surface area contributed by atoms with E-state index in [4.69, 9.17) is 8.85 Å². The monoisotopic (exact) mass is 178 g/mol. The van der Waals surface area contributed by atoms with Crippen molar-refractivity contribution in [3.05, 3.63) is 0 Å². The molecule has 0 spiro atoms. The third-order valence-corrected chi connectivity index (χ3v) is 3.96. The Labute approximate surface area is 69.7 Å². The summed E-state index contributed by atoms with van der Waals surface area (Å²) in [6.45, 7) is 2.79. The summed E-state index contributed by atoms with van der Waals surface area (Å²) in [5, 5.41) is 0. The molecule has 0 saturated carbocycles. The van der Waals surface area contributed by atoms with Crippen molar-refractivity contribution in [3.63, 3.8) is 0 Å². The highest BCUT2D eigenvalue weighted by Crippen LogP contribution is 1.96. The number of rotatable bonds is 6. The lowest BCUT2D eigenvalue weighted by atomic mass is 10.5. The molecule has 0 aliphatic rings. The minimum Gasteiger partial charge on any atom is -0.374 e. The predicted molar refractivity (Wildman–Crippen MR) is 47.1 cm³/mol. The van der Waals surface area contributed by atoms with Crippen LogP contribution in [-0.4, -0.2) is 36.7 Å². The van der Waals surface area contributed by atoms with Crippen molar-refractivity contribution < 1.29 is 8.85 Å². The van der Waals surface area contributed by atoms with E-state index in [2.05, 4.69) is 16.9 Å². The Morgan fingerprint density at radius 3 is 2.09 bits per heavy atom. The van der Waals surface area contributed by atoms with Crippen LogP contribution in [0.15, 0.2) is 0 Å². The highest BCUT2D eigenvalue weighted by Gasteiger charge is 2.34. The summed E-state index contributed by atoms with van der Waals surface area (Å²) in [6, 6.07) is 0. The molecular weight excluding hydrogens is 160 g/mol. The van der Waals surface area contributed by atoms with E-state index in [1.165, 1.54) is 0 Å². The first kappa shape index (κ1) is 11.1. The van der Waals surface area contributed by atoms with Crippen molar-refractivity contribution in [1.29, 1.82) is 0 Å². The van der Waals surface area contributed by atoms with Gasteiger partial charge in [-0.25, -0.2) is 0 Å². The molecular formula is C6H18N2O2Si. The van der Waals surface area contributed by atoms with Crippen LogP contribution >= 0.6 is 0 Å². The summed E-state index contributed by atoms with van der Waals surface area (Å²) in [6.07, 6.45) is 1.00. The van der Waals surface area contributed by atoms with Crippen molar-refractivity contribution >= 4 is 8.88 Å². The zero-order chi connectivity index (χ0) is 8.74. The molecule has 0 rings (SSSR count). The van der Waals surface area contributed by atoms with E-state index in [-0.39, 0.29) is 0 Å². The van der Waals surface area contributed by atoms with Gasteiger partial charge in [0, 0.05) is 13.7 Å². The molecule has 0 aromatic heterocycles. The third-order valence-electron chi connectivity index (χ3n) is 1.46. The van der Waals surface area contributed by atoms with Crippen molar-refractivity contribution in [2.24, 2.45) is 0 Å². The maximum Gasteiger partial charge on any atom is 0.516 e. The number of hydrogen-bond acceptors (Lipinski definition) is 4. The first-order valence-corrected chi connectivity index (χ1v) is 5.63. The van der Waals surface area contributed by atoms with Crippen LogP contribution in [0.3, 0.4) is 0 Å². The largest absolute Gasteiger partial charge is 0.516 e. The molecule has 0 amide bonds. The molecule has 0 aromatic rings. The van der Waals surface area contributed by atoms with Crippen LogP contribution in [0.4, 0.5) is 0 Å². The standard InChI is InChI=1S/C6H18N2O2Si/c1-5-6-10-11(7-2,8-3)9-4/h7-8H,5-6H2,1-4H3. The molecule has 0 fully saturated rings. The van der Waals surface area contributed by atoms with Crippen LogP contribution < -0.4 is 9.96 Å². The van der Waals surface area contributed by atoms with Gasteiger partial charge >= 0.3 is 8.88 Å². The molecule has 0 aliphatic heterocycles. The van der Waals surface area contributed by atoms with Crippen LogP contribution in [0.1, 0.15) is 13.3 Å². The molecule has 0 radical (unpaired) electrons. The fourth-order valence-electron chi connectivity index (χ4n) is 0.778. The number of nitrogens with one attached hydrogen (secondary N) is 2. The Balaban J connectivity index is 3.84. The van der Waals surface area contributed by atoms with Crippen molar-refractivity contribution in [3.8, 4) is 0 Å². The molecule has 5 heteroatoms. The smallest absolute Gasteiger partial charge is 0.374 e. The van der Waals surface area contributed by atoms with Gasteiger partial charge < -0.3 is 8.85 Å². The molecule has 11 heavy (non-hydrogen) atoms. The van der Waals surface area contributed by atoms with Gasteiger partial charge in [0.25, 0.3) is 0 Å². The lowest BCUT2D eigenvalue weighted by Crippen LogP contribution is -2.64. The maximum atomic E-state index is 5.52. The maximum absolute atomic E-state index is 5.52. The van der Waals surface area contributed by atoms with Crippen molar-refractivity contribution in [1.82, 2.24) is 9.96 Å². The van der Waals surface area contributed by atoms with Crippen LogP contribution in [0.25, 0.3) is 0 Å². The van der Waals surface area contributed by atoms with Gasteiger partial charge in [0.05, 0.1) is 0 Å². The van der Waals surface area contributed by atoms with Gasteiger partial charge in [-0.1, -0.05) is 6.92 Å². The summed E-state index contributed by atoms with van der Waals surface area (Å²) in [4.78, 5) is 6.07. The minimum atomic E-state index is -2.24. The highest BCUT2D eigenvalue weighted by atomic mass is 28.4. The Kier molecular flexibility index (Phi) is 5.70. The first-order chi connectivity index (χ1) is 5.24. The van der Waals surface area contributed by atoms with Crippen LogP contribution in [-0.2, 0) is 8.85 Å². The molecule has 0 heterocycles. The normalized spacial score (nSPS) is 12.0. The van der Waals surface area contributed by atoms with E-state index in [1.807, 2.05) is 14.1 Å². The zero-order valence-electron chi connectivity index (χ0n) is 7.73. The van der Waals surface area contributed by atoms with Gasteiger partial charge in [-0.15, -0.1) is 0 Å². The fraction of sp³-hybridized carbons (Fsp3) is 1.00. The van der Waals surface area contributed by atoms with Crippen LogP contribution in [0.5, 0.6) is 0 Å². The summed E-state index contributed by atoms with van der Waals surface area (Å²) in [5.41, 5.74) is 0. The zero-order valence-corrected chi connectivity index (χ0v) is 8.73. The fourth-order valence-corrected chi connectivity index (χ4v) is 2.33. The van der Waals surface area contributed by atoms with Crippen molar-refractivity contribution in [2.45, 2.75) is 13.3 Å².